The molecule has 0 atom stereocenters. The van der Waals surface area contributed by atoms with E-state index >= 15 is 0 Å². The Bertz CT molecular complexity index is 637. The SMILES string of the molecule is C[n+]1ccn(CCP(c2ccccc2)c2ccccc2)c1. The molecule has 0 aliphatic heterocycles. The summed E-state index contributed by atoms with van der Waals surface area (Å²) in [5.41, 5.74) is 0. The molecule has 0 aliphatic rings. The first-order chi connectivity index (χ1) is 10.3. The second-order valence-corrected chi connectivity index (χ2v) is 7.48. The fraction of sp³-hybridized carbons (Fsp3) is 0.167. The van der Waals surface area contributed by atoms with Gasteiger partial charge in [-0.1, -0.05) is 60.7 Å². The molecule has 3 aromatic rings. The average molecular weight is 295 g/mol. The smallest absolute Gasteiger partial charge is 0.240 e. The molecule has 0 saturated carbocycles. The van der Waals surface area contributed by atoms with Gasteiger partial charge in [0.15, 0.2) is 0 Å². The Hall–Kier alpha value is -1.92. The van der Waals surface area contributed by atoms with Gasteiger partial charge >= 0.3 is 0 Å². The lowest BCUT2D eigenvalue weighted by Gasteiger charge is -2.17. The van der Waals surface area contributed by atoms with Crippen LogP contribution in [-0.4, -0.2) is 10.7 Å². The molecule has 0 radical (unpaired) electrons. The van der Waals surface area contributed by atoms with Crippen LogP contribution < -0.4 is 15.2 Å². The van der Waals surface area contributed by atoms with Crippen molar-refractivity contribution in [3.63, 3.8) is 0 Å². The van der Waals surface area contributed by atoms with E-state index in [4.69, 9.17) is 0 Å². The fourth-order valence-electron chi connectivity index (χ4n) is 2.47. The van der Waals surface area contributed by atoms with Crippen molar-refractivity contribution < 1.29 is 4.57 Å². The van der Waals surface area contributed by atoms with Gasteiger partial charge in [-0.25, -0.2) is 9.13 Å². The van der Waals surface area contributed by atoms with Crippen LogP contribution in [0.5, 0.6) is 0 Å². The van der Waals surface area contributed by atoms with Crippen LogP contribution in [0, 0.1) is 0 Å². The van der Waals surface area contributed by atoms with Gasteiger partial charge < -0.3 is 0 Å². The van der Waals surface area contributed by atoms with Crippen LogP contribution in [0.3, 0.4) is 0 Å². The highest BCUT2D eigenvalue weighted by molar-refractivity contribution is 7.73. The monoisotopic (exact) mass is 295 g/mol. The Morgan fingerprint density at radius 1 is 0.905 bits per heavy atom. The van der Waals surface area contributed by atoms with Gasteiger partial charge in [0, 0.05) is 6.16 Å². The summed E-state index contributed by atoms with van der Waals surface area (Å²) in [5.74, 6) is 0. The number of imidazole rings is 1. The predicted molar refractivity (Wildman–Crippen MR) is 89.5 cm³/mol. The second-order valence-electron chi connectivity index (χ2n) is 5.14. The molecule has 3 heteroatoms. The van der Waals surface area contributed by atoms with Gasteiger partial charge in [0.05, 0.1) is 13.6 Å². The van der Waals surface area contributed by atoms with E-state index in [1.165, 1.54) is 10.6 Å². The highest BCUT2D eigenvalue weighted by atomic mass is 31.1. The van der Waals surface area contributed by atoms with E-state index in [0.29, 0.717) is 0 Å². The van der Waals surface area contributed by atoms with Crippen LogP contribution in [0.15, 0.2) is 79.4 Å². The van der Waals surface area contributed by atoms with Gasteiger partial charge in [-0.2, -0.15) is 0 Å². The molecule has 0 saturated heterocycles. The van der Waals surface area contributed by atoms with E-state index in [2.05, 4.69) is 95.6 Å². The van der Waals surface area contributed by atoms with Gasteiger partial charge in [0.1, 0.15) is 12.4 Å². The summed E-state index contributed by atoms with van der Waals surface area (Å²) >= 11 is 0. The quantitative estimate of drug-likeness (QED) is 0.505. The maximum Gasteiger partial charge on any atom is 0.243 e. The van der Waals surface area contributed by atoms with Crippen LogP contribution in [0.1, 0.15) is 0 Å². The minimum Gasteiger partial charge on any atom is -0.240 e. The van der Waals surface area contributed by atoms with Gasteiger partial charge in [-0.15, -0.1) is 0 Å². The van der Waals surface area contributed by atoms with Gasteiger partial charge in [0.2, 0.25) is 6.33 Å². The molecule has 1 aromatic heterocycles. The van der Waals surface area contributed by atoms with Crippen molar-refractivity contribution in [2.24, 2.45) is 7.05 Å². The van der Waals surface area contributed by atoms with E-state index in [1.54, 1.807) is 0 Å². The van der Waals surface area contributed by atoms with E-state index in [-0.39, 0.29) is 7.92 Å². The molecule has 3 rings (SSSR count). The molecule has 1 heterocycles. The Labute approximate surface area is 127 Å². The summed E-state index contributed by atoms with van der Waals surface area (Å²) in [5, 5.41) is 2.91. The van der Waals surface area contributed by atoms with Gasteiger partial charge in [0.25, 0.3) is 0 Å². The van der Waals surface area contributed by atoms with Crippen LogP contribution in [0.2, 0.25) is 0 Å². The standard InChI is InChI=1S/C18H20N2P/c1-19-12-13-20(16-19)14-15-21(17-8-4-2-5-9-17)18-10-6-3-7-11-18/h2-13,16H,14-15H2,1H3/q+1. The van der Waals surface area contributed by atoms with E-state index in [9.17, 15) is 0 Å². The maximum absolute atomic E-state index is 2.27. The number of nitrogens with zero attached hydrogens (tertiary/aromatic N) is 2. The molecule has 2 nitrogen and oxygen atoms in total. The summed E-state index contributed by atoms with van der Waals surface area (Å²) < 4.78 is 4.36. The lowest BCUT2D eigenvalue weighted by atomic mass is 10.4. The van der Waals surface area contributed by atoms with Gasteiger partial charge in [-0.05, 0) is 18.5 Å². The van der Waals surface area contributed by atoms with Crippen molar-refractivity contribution in [1.82, 2.24) is 4.57 Å². The Morgan fingerprint density at radius 3 is 1.95 bits per heavy atom. The number of benzene rings is 2. The summed E-state index contributed by atoms with van der Waals surface area (Å²) in [6, 6.07) is 21.8. The molecule has 0 bridgehead atoms. The normalized spacial score (nSPS) is 11.0. The zero-order valence-electron chi connectivity index (χ0n) is 12.3. The van der Waals surface area contributed by atoms with E-state index in [0.717, 1.165) is 12.7 Å². The number of hydrogen-bond donors (Lipinski definition) is 0. The Kier molecular flexibility index (Phi) is 4.47. The molecule has 0 spiro atoms. The topological polar surface area (TPSA) is 8.81 Å². The summed E-state index contributed by atoms with van der Waals surface area (Å²) in [6.45, 7) is 1.05. The van der Waals surface area contributed by atoms with Crippen molar-refractivity contribution in [3.05, 3.63) is 79.4 Å². The number of aromatic nitrogens is 2. The first-order valence-electron chi connectivity index (χ1n) is 7.21. The highest BCUT2D eigenvalue weighted by Crippen LogP contribution is 2.33. The molecule has 2 aromatic carbocycles. The van der Waals surface area contributed by atoms with Crippen LogP contribution >= 0.6 is 7.92 Å². The van der Waals surface area contributed by atoms with Crippen molar-refractivity contribution in [1.29, 1.82) is 0 Å². The van der Waals surface area contributed by atoms with Crippen molar-refractivity contribution in [3.8, 4) is 0 Å². The Balaban J connectivity index is 1.83. The summed E-state index contributed by atoms with van der Waals surface area (Å²) in [6.07, 6.45) is 7.54. The first kappa shape index (κ1) is 14.0. The molecule has 0 aliphatic carbocycles. The number of aryl methyl sites for hydroxylation is 2. The third kappa shape index (κ3) is 3.59. The van der Waals surface area contributed by atoms with Crippen molar-refractivity contribution in [2.75, 3.05) is 6.16 Å². The third-order valence-electron chi connectivity index (χ3n) is 3.54. The van der Waals surface area contributed by atoms with Crippen LogP contribution in [0.4, 0.5) is 0 Å². The lowest BCUT2D eigenvalue weighted by molar-refractivity contribution is -0.671. The number of hydrogen-bond acceptors (Lipinski definition) is 0. The molecule has 0 fully saturated rings. The predicted octanol–water partition coefficient (Wildman–Crippen LogP) is 2.45. The Morgan fingerprint density at radius 2 is 1.48 bits per heavy atom. The minimum absolute atomic E-state index is 0.295. The minimum atomic E-state index is -0.295. The fourth-order valence-corrected chi connectivity index (χ4v) is 4.78. The molecule has 0 N–H and O–H groups in total. The highest BCUT2D eigenvalue weighted by Gasteiger charge is 2.14. The summed E-state index contributed by atoms with van der Waals surface area (Å²) in [7, 11) is 1.77. The number of rotatable bonds is 5. The average Bonchev–Trinajstić information content (AvgIpc) is 2.95. The molecule has 0 unspecified atom stereocenters. The molecular weight excluding hydrogens is 275 g/mol. The van der Waals surface area contributed by atoms with Gasteiger partial charge in [-0.3, -0.25) is 0 Å². The maximum atomic E-state index is 2.27. The van der Waals surface area contributed by atoms with Crippen molar-refractivity contribution in [2.45, 2.75) is 6.54 Å². The van der Waals surface area contributed by atoms with Crippen molar-refractivity contribution >= 4 is 18.5 Å². The summed E-state index contributed by atoms with van der Waals surface area (Å²) in [4.78, 5) is 0. The molecular formula is C18H20N2P+. The lowest BCUT2D eigenvalue weighted by Crippen LogP contribution is -2.24. The molecule has 21 heavy (non-hydrogen) atoms. The van der Waals surface area contributed by atoms with Crippen LogP contribution in [0.25, 0.3) is 0 Å². The largest absolute Gasteiger partial charge is 0.243 e. The second kappa shape index (κ2) is 6.69. The van der Waals surface area contributed by atoms with E-state index in [1.807, 2.05) is 0 Å². The molecule has 106 valence electrons. The van der Waals surface area contributed by atoms with Crippen LogP contribution in [-0.2, 0) is 13.6 Å². The third-order valence-corrected chi connectivity index (χ3v) is 6.03. The zero-order chi connectivity index (χ0) is 14.5. The molecule has 0 amide bonds. The first-order valence-corrected chi connectivity index (χ1v) is 8.74. The van der Waals surface area contributed by atoms with E-state index < -0.39 is 0 Å². The zero-order valence-corrected chi connectivity index (χ0v) is 13.2.